The Morgan fingerprint density at radius 2 is 1.32 bits per heavy atom. The van der Waals surface area contributed by atoms with Gasteiger partial charge in [-0.15, -0.1) is 5.10 Å². The minimum atomic E-state index is -0.931. The van der Waals surface area contributed by atoms with E-state index in [1.165, 1.54) is 0 Å². The van der Waals surface area contributed by atoms with Crippen molar-refractivity contribution < 1.29 is 9.53 Å². The van der Waals surface area contributed by atoms with E-state index in [1.54, 1.807) is 0 Å². The number of rotatable bonds is 14. The highest BCUT2D eigenvalue weighted by Gasteiger charge is 2.43. The Morgan fingerprint density at radius 3 is 1.87 bits per heavy atom. The number of unbranched alkanes of at least 4 members (excludes halogenated alkanes) is 1. The van der Waals surface area contributed by atoms with Crippen molar-refractivity contribution in [3.63, 3.8) is 0 Å². The van der Waals surface area contributed by atoms with Crippen LogP contribution in [0.3, 0.4) is 0 Å². The second kappa shape index (κ2) is 17.2. The average Bonchev–Trinajstić information content (AvgIpc) is 3.89. The number of carbonyl (C=O) groups excluding carboxylic acids is 1. The molecule has 302 valence electrons. The lowest BCUT2D eigenvalue weighted by Crippen LogP contribution is -2.40. The maximum Gasteiger partial charge on any atom is 0.229 e. The van der Waals surface area contributed by atoms with Gasteiger partial charge in [0.15, 0.2) is 11.9 Å². The SMILES string of the molecule is CCCCc1nc2c(C)cc(NC(=O)C(C)(C)C)cc2n1Cc1ccc(OC(c2ccccc2)c2nnnn2C(c2ccccc2)(c2ccccc2)c2ccccc2)cc1. The maximum absolute atomic E-state index is 13.0. The molecule has 8 aromatic rings. The van der Waals surface area contributed by atoms with E-state index in [0.717, 1.165) is 75.2 Å². The van der Waals surface area contributed by atoms with E-state index in [0.29, 0.717) is 18.1 Å². The molecular weight excluding hydrogens is 743 g/mol. The molecule has 2 heterocycles. The molecule has 0 aliphatic heterocycles. The van der Waals surface area contributed by atoms with Gasteiger partial charge in [0.05, 0.1) is 11.0 Å². The predicted molar refractivity (Wildman–Crippen MR) is 238 cm³/mol. The van der Waals surface area contributed by atoms with E-state index in [1.807, 2.05) is 80.1 Å². The lowest BCUT2D eigenvalue weighted by Gasteiger charge is -2.37. The maximum atomic E-state index is 13.0. The number of nitrogens with zero attached hydrogens (tertiary/aromatic N) is 6. The Kier molecular flexibility index (Phi) is 11.4. The topological polar surface area (TPSA) is 99.8 Å². The van der Waals surface area contributed by atoms with Gasteiger partial charge in [0.25, 0.3) is 0 Å². The summed E-state index contributed by atoms with van der Waals surface area (Å²) in [6.07, 6.45) is 2.30. The van der Waals surface area contributed by atoms with Crippen LogP contribution in [0.1, 0.15) is 91.7 Å². The summed E-state index contributed by atoms with van der Waals surface area (Å²) in [6.45, 7) is 10.6. The Bertz CT molecular complexity index is 2570. The summed E-state index contributed by atoms with van der Waals surface area (Å²) >= 11 is 0. The third kappa shape index (κ3) is 7.95. The van der Waals surface area contributed by atoms with Gasteiger partial charge in [0.1, 0.15) is 17.1 Å². The van der Waals surface area contributed by atoms with Crippen LogP contribution in [0.15, 0.2) is 158 Å². The van der Waals surface area contributed by atoms with Crippen LogP contribution < -0.4 is 10.1 Å². The first-order valence-electron chi connectivity index (χ1n) is 20.7. The van der Waals surface area contributed by atoms with Crippen molar-refractivity contribution in [3.8, 4) is 5.75 Å². The van der Waals surface area contributed by atoms with Crippen molar-refractivity contribution in [1.29, 1.82) is 0 Å². The van der Waals surface area contributed by atoms with Crippen LogP contribution in [0.2, 0.25) is 0 Å². The molecule has 0 spiro atoms. The van der Waals surface area contributed by atoms with Crippen LogP contribution in [0.5, 0.6) is 5.75 Å². The third-order valence-corrected chi connectivity index (χ3v) is 11.1. The second-order valence-corrected chi connectivity index (χ2v) is 16.4. The summed E-state index contributed by atoms with van der Waals surface area (Å²) in [7, 11) is 0. The number of imidazole rings is 1. The van der Waals surface area contributed by atoms with E-state index in [9.17, 15) is 4.79 Å². The van der Waals surface area contributed by atoms with Crippen LogP contribution in [0, 0.1) is 12.3 Å². The molecule has 1 unspecified atom stereocenters. The number of nitrogens with one attached hydrogen (secondary N) is 1. The summed E-state index contributed by atoms with van der Waals surface area (Å²) in [5, 5.41) is 17.0. The summed E-state index contributed by atoms with van der Waals surface area (Å²) in [5.74, 6) is 2.24. The number of tetrazole rings is 1. The fourth-order valence-corrected chi connectivity index (χ4v) is 7.92. The first kappa shape index (κ1) is 39.9. The first-order valence-corrected chi connectivity index (χ1v) is 20.7. The third-order valence-electron chi connectivity index (χ3n) is 11.1. The monoisotopic (exact) mass is 793 g/mol. The van der Waals surface area contributed by atoms with Crippen LogP contribution in [-0.2, 0) is 23.3 Å². The Labute approximate surface area is 352 Å². The number of carbonyl (C=O) groups is 1. The zero-order chi connectivity index (χ0) is 41.7. The number of hydrogen-bond donors (Lipinski definition) is 1. The van der Waals surface area contributed by atoms with Crippen LogP contribution >= 0.6 is 0 Å². The fraction of sp³-hybridized carbons (Fsp3) is 0.235. The first-order chi connectivity index (χ1) is 29.2. The molecule has 9 nitrogen and oxygen atoms in total. The molecule has 60 heavy (non-hydrogen) atoms. The highest BCUT2D eigenvalue weighted by Crippen LogP contribution is 2.42. The van der Waals surface area contributed by atoms with Crippen molar-refractivity contribution in [3.05, 3.63) is 203 Å². The number of aryl methyl sites for hydroxylation is 2. The molecule has 0 saturated heterocycles. The fourth-order valence-electron chi connectivity index (χ4n) is 7.92. The number of aromatic nitrogens is 6. The van der Waals surface area contributed by atoms with Gasteiger partial charge >= 0.3 is 0 Å². The van der Waals surface area contributed by atoms with Gasteiger partial charge in [0, 0.05) is 29.6 Å². The largest absolute Gasteiger partial charge is 0.478 e. The van der Waals surface area contributed by atoms with E-state index < -0.39 is 17.1 Å². The zero-order valence-electron chi connectivity index (χ0n) is 34.9. The van der Waals surface area contributed by atoms with E-state index >= 15 is 0 Å². The van der Waals surface area contributed by atoms with Crippen molar-refractivity contribution in [1.82, 2.24) is 29.8 Å². The Hall–Kier alpha value is -6.87. The van der Waals surface area contributed by atoms with E-state index in [2.05, 4.69) is 132 Å². The molecule has 0 fully saturated rings. The Balaban J connectivity index is 1.18. The standard InChI is InChI=1S/C51H51N7O2/c1-6-7-28-45-53-46-36(2)33-42(52-49(59)50(3,4)5)34-44(46)57(45)35-37-29-31-43(32-30-37)60-47(38-20-12-8-13-21-38)48-54-55-56-58(48)51(39-22-14-9-15-23-39,40-24-16-10-17-25-40)41-26-18-11-19-27-41/h8-27,29-34,47H,6-7,28,35H2,1-5H3,(H,52,59). The Morgan fingerprint density at radius 1 is 0.750 bits per heavy atom. The lowest BCUT2D eigenvalue weighted by molar-refractivity contribution is -0.123. The van der Waals surface area contributed by atoms with Crippen LogP contribution in [0.25, 0.3) is 11.0 Å². The average molecular weight is 794 g/mol. The quantitative estimate of drug-likeness (QED) is 0.110. The smallest absolute Gasteiger partial charge is 0.229 e. The molecule has 0 aliphatic carbocycles. The number of ether oxygens (including phenoxy) is 1. The molecule has 2 aromatic heterocycles. The van der Waals surface area contributed by atoms with Gasteiger partial charge < -0.3 is 14.6 Å². The lowest BCUT2D eigenvalue weighted by atomic mass is 9.77. The summed E-state index contributed by atoms with van der Waals surface area (Å²) in [4.78, 5) is 18.1. The van der Waals surface area contributed by atoms with Gasteiger partial charge in [-0.05, 0) is 75.9 Å². The van der Waals surface area contributed by atoms with E-state index in [4.69, 9.17) is 20.0 Å². The summed E-state index contributed by atoms with van der Waals surface area (Å²) in [5.41, 5.74) is 7.35. The summed E-state index contributed by atoms with van der Waals surface area (Å²) in [6, 6.07) is 53.6. The van der Waals surface area contributed by atoms with Gasteiger partial charge in [-0.2, -0.15) is 0 Å². The highest BCUT2D eigenvalue weighted by atomic mass is 16.5. The molecular formula is C51H51N7O2. The molecule has 0 saturated carbocycles. The highest BCUT2D eigenvalue weighted by molar-refractivity contribution is 5.96. The number of amides is 1. The molecule has 0 bridgehead atoms. The molecule has 0 aliphatic rings. The minimum absolute atomic E-state index is 0.0252. The van der Waals surface area contributed by atoms with Crippen LogP contribution in [0.4, 0.5) is 5.69 Å². The molecule has 0 radical (unpaired) electrons. The van der Waals surface area contributed by atoms with Gasteiger partial charge in [-0.3, -0.25) is 4.79 Å². The molecule has 1 atom stereocenters. The second-order valence-electron chi connectivity index (χ2n) is 16.4. The van der Waals surface area contributed by atoms with Gasteiger partial charge in [-0.25, -0.2) is 9.67 Å². The summed E-state index contributed by atoms with van der Waals surface area (Å²) < 4.78 is 11.2. The molecule has 9 heteroatoms. The number of fused-ring (bicyclic) bond motifs is 1. The van der Waals surface area contributed by atoms with Crippen molar-refractivity contribution in [2.75, 3.05) is 5.32 Å². The van der Waals surface area contributed by atoms with Crippen molar-refractivity contribution in [2.24, 2.45) is 5.41 Å². The zero-order valence-corrected chi connectivity index (χ0v) is 34.9. The molecule has 1 N–H and O–H groups in total. The minimum Gasteiger partial charge on any atom is -0.478 e. The molecule has 8 rings (SSSR count). The van der Waals surface area contributed by atoms with Crippen molar-refractivity contribution >= 4 is 22.6 Å². The van der Waals surface area contributed by atoms with Crippen molar-refractivity contribution in [2.45, 2.75) is 72.1 Å². The predicted octanol–water partition coefficient (Wildman–Crippen LogP) is 10.7. The number of hydrogen-bond acceptors (Lipinski definition) is 6. The number of benzene rings is 6. The molecule has 1 amide bonds. The number of anilines is 1. The van der Waals surface area contributed by atoms with Crippen LogP contribution in [-0.4, -0.2) is 35.7 Å². The van der Waals surface area contributed by atoms with E-state index in [-0.39, 0.29) is 5.91 Å². The van der Waals surface area contributed by atoms with Gasteiger partial charge in [-0.1, -0.05) is 168 Å². The van der Waals surface area contributed by atoms with Gasteiger partial charge in [0.2, 0.25) is 5.91 Å². The molecule has 6 aromatic carbocycles. The normalized spacial score (nSPS) is 12.3.